The van der Waals surface area contributed by atoms with E-state index >= 15 is 0 Å². The maximum atomic E-state index is 13.2. The summed E-state index contributed by atoms with van der Waals surface area (Å²) in [5.74, 6) is -0.691. The SMILES string of the molecule is N#CCc1ccc(NS(=O)(=O)c2cc(F)ccc2Cl)cc1. The lowest BCUT2D eigenvalue weighted by molar-refractivity contribution is 0.595. The van der Waals surface area contributed by atoms with E-state index in [1.807, 2.05) is 6.07 Å². The smallest absolute Gasteiger partial charge is 0.263 e. The average molecular weight is 325 g/mol. The molecule has 0 saturated heterocycles. The third-order valence-electron chi connectivity index (χ3n) is 2.67. The van der Waals surface area contributed by atoms with Crippen molar-refractivity contribution in [3.8, 4) is 6.07 Å². The van der Waals surface area contributed by atoms with Crippen molar-refractivity contribution >= 4 is 27.3 Å². The molecule has 0 amide bonds. The van der Waals surface area contributed by atoms with Gasteiger partial charge in [-0.2, -0.15) is 5.26 Å². The number of rotatable bonds is 4. The molecule has 108 valence electrons. The molecule has 0 saturated carbocycles. The number of sulfonamides is 1. The van der Waals surface area contributed by atoms with Crippen molar-refractivity contribution < 1.29 is 12.8 Å². The number of nitrogens with one attached hydrogen (secondary N) is 1. The average Bonchev–Trinajstić information content (AvgIpc) is 2.43. The zero-order valence-electron chi connectivity index (χ0n) is 10.7. The first-order valence-electron chi connectivity index (χ1n) is 5.86. The molecule has 21 heavy (non-hydrogen) atoms. The van der Waals surface area contributed by atoms with Gasteiger partial charge >= 0.3 is 0 Å². The summed E-state index contributed by atoms with van der Waals surface area (Å²) in [6.45, 7) is 0. The molecule has 0 aromatic heterocycles. The minimum Gasteiger partial charge on any atom is -0.280 e. The maximum absolute atomic E-state index is 13.2. The number of halogens is 2. The van der Waals surface area contributed by atoms with Crippen molar-refractivity contribution in [1.29, 1.82) is 5.26 Å². The highest BCUT2D eigenvalue weighted by atomic mass is 35.5. The Morgan fingerprint density at radius 3 is 2.48 bits per heavy atom. The van der Waals surface area contributed by atoms with Crippen LogP contribution in [0.3, 0.4) is 0 Å². The predicted octanol–water partition coefficient (Wildman–Crippen LogP) is 3.35. The van der Waals surface area contributed by atoms with Gasteiger partial charge in [-0.3, -0.25) is 4.72 Å². The molecule has 7 heteroatoms. The summed E-state index contributed by atoms with van der Waals surface area (Å²) in [5, 5.41) is 8.50. The zero-order valence-corrected chi connectivity index (χ0v) is 12.2. The molecule has 2 rings (SSSR count). The molecular weight excluding hydrogens is 315 g/mol. The lowest BCUT2D eigenvalue weighted by Crippen LogP contribution is -2.13. The Labute approximate surface area is 126 Å². The fraction of sp³-hybridized carbons (Fsp3) is 0.0714. The van der Waals surface area contributed by atoms with Crippen molar-refractivity contribution in [1.82, 2.24) is 0 Å². The third kappa shape index (κ3) is 3.72. The molecule has 1 N–H and O–H groups in total. The monoisotopic (exact) mass is 324 g/mol. The van der Waals surface area contributed by atoms with Gasteiger partial charge in [0.05, 0.1) is 17.5 Å². The quantitative estimate of drug-likeness (QED) is 0.937. The largest absolute Gasteiger partial charge is 0.280 e. The van der Waals surface area contributed by atoms with Crippen LogP contribution >= 0.6 is 11.6 Å². The first-order chi connectivity index (χ1) is 9.92. The Morgan fingerprint density at radius 1 is 1.19 bits per heavy atom. The second kappa shape index (κ2) is 6.12. The number of hydrogen-bond donors (Lipinski definition) is 1. The molecule has 0 bridgehead atoms. The normalized spacial score (nSPS) is 10.9. The highest BCUT2D eigenvalue weighted by molar-refractivity contribution is 7.92. The van der Waals surface area contributed by atoms with Gasteiger partial charge in [0.1, 0.15) is 10.7 Å². The molecule has 0 spiro atoms. The van der Waals surface area contributed by atoms with E-state index in [9.17, 15) is 12.8 Å². The number of benzene rings is 2. The van der Waals surface area contributed by atoms with Crippen LogP contribution in [0.2, 0.25) is 5.02 Å². The standard InChI is InChI=1S/C14H10ClFN2O2S/c15-13-6-3-11(16)9-14(13)21(19,20)18-12-4-1-10(2-5-12)7-8-17/h1-6,9,18H,7H2. The van der Waals surface area contributed by atoms with Gasteiger partial charge in [-0.1, -0.05) is 23.7 Å². The lowest BCUT2D eigenvalue weighted by Gasteiger charge is -2.10. The summed E-state index contributed by atoms with van der Waals surface area (Å²) in [5.41, 5.74) is 1.07. The molecule has 0 aliphatic heterocycles. The number of nitriles is 1. The summed E-state index contributed by atoms with van der Waals surface area (Å²) in [4.78, 5) is -0.328. The topological polar surface area (TPSA) is 70.0 Å². The highest BCUT2D eigenvalue weighted by Crippen LogP contribution is 2.24. The molecule has 2 aromatic carbocycles. The van der Waals surface area contributed by atoms with Gasteiger partial charge in [0.2, 0.25) is 0 Å². The molecule has 0 fully saturated rings. The van der Waals surface area contributed by atoms with E-state index in [0.29, 0.717) is 5.69 Å². The maximum Gasteiger partial charge on any atom is 0.263 e. The van der Waals surface area contributed by atoms with Gasteiger partial charge in [0.25, 0.3) is 10.0 Å². The Kier molecular flexibility index (Phi) is 4.46. The Bertz CT molecular complexity index is 799. The third-order valence-corrected chi connectivity index (χ3v) is 4.53. The van der Waals surface area contributed by atoms with Crippen molar-refractivity contribution in [2.45, 2.75) is 11.3 Å². The minimum absolute atomic E-state index is 0.0648. The first-order valence-corrected chi connectivity index (χ1v) is 7.72. The summed E-state index contributed by atoms with van der Waals surface area (Å²) in [7, 11) is -3.98. The molecule has 0 unspecified atom stereocenters. The molecule has 0 aliphatic carbocycles. The van der Waals surface area contributed by atoms with Gasteiger partial charge in [-0.25, -0.2) is 12.8 Å². The second-order valence-corrected chi connectivity index (χ2v) is 6.27. The summed E-state index contributed by atoms with van der Waals surface area (Å²) < 4.78 is 39.8. The van der Waals surface area contributed by atoms with Crippen LogP contribution in [0.4, 0.5) is 10.1 Å². The molecular formula is C14H10ClFN2O2S. The second-order valence-electron chi connectivity index (χ2n) is 4.21. The molecule has 2 aromatic rings. The Balaban J connectivity index is 2.29. The summed E-state index contributed by atoms with van der Waals surface area (Å²) in [6, 6.07) is 11.4. The molecule has 4 nitrogen and oxygen atoms in total. The van der Waals surface area contributed by atoms with E-state index in [1.54, 1.807) is 12.1 Å². The van der Waals surface area contributed by atoms with Crippen LogP contribution in [0.25, 0.3) is 0 Å². The van der Waals surface area contributed by atoms with Crippen molar-refractivity contribution in [2.24, 2.45) is 0 Å². The van der Waals surface area contributed by atoms with E-state index in [0.717, 1.165) is 17.7 Å². The fourth-order valence-corrected chi connectivity index (χ4v) is 3.25. The summed E-state index contributed by atoms with van der Waals surface area (Å²) in [6.07, 6.45) is 0.239. The Morgan fingerprint density at radius 2 is 1.86 bits per heavy atom. The van der Waals surface area contributed by atoms with Gasteiger partial charge in [0, 0.05) is 5.69 Å². The van der Waals surface area contributed by atoms with Crippen LogP contribution in [0.15, 0.2) is 47.4 Å². The van der Waals surface area contributed by atoms with E-state index in [2.05, 4.69) is 4.72 Å². The van der Waals surface area contributed by atoms with Crippen LogP contribution in [0.1, 0.15) is 5.56 Å². The number of hydrogen-bond acceptors (Lipinski definition) is 3. The molecule has 0 atom stereocenters. The van der Waals surface area contributed by atoms with Crippen LogP contribution in [-0.2, 0) is 16.4 Å². The van der Waals surface area contributed by atoms with Crippen molar-refractivity contribution in [2.75, 3.05) is 4.72 Å². The fourth-order valence-electron chi connectivity index (χ4n) is 1.68. The number of nitrogens with zero attached hydrogens (tertiary/aromatic N) is 1. The van der Waals surface area contributed by atoms with E-state index < -0.39 is 15.8 Å². The van der Waals surface area contributed by atoms with E-state index in [1.165, 1.54) is 18.2 Å². The molecule has 0 heterocycles. The first kappa shape index (κ1) is 15.3. The van der Waals surface area contributed by atoms with E-state index in [4.69, 9.17) is 16.9 Å². The molecule has 0 radical (unpaired) electrons. The highest BCUT2D eigenvalue weighted by Gasteiger charge is 2.18. The van der Waals surface area contributed by atoms with Gasteiger partial charge < -0.3 is 0 Å². The van der Waals surface area contributed by atoms with E-state index in [-0.39, 0.29) is 16.3 Å². The number of anilines is 1. The van der Waals surface area contributed by atoms with Crippen molar-refractivity contribution in [3.05, 3.63) is 58.9 Å². The van der Waals surface area contributed by atoms with Gasteiger partial charge in [-0.05, 0) is 35.9 Å². The van der Waals surface area contributed by atoms with Gasteiger partial charge in [-0.15, -0.1) is 0 Å². The minimum atomic E-state index is -3.98. The summed E-state index contributed by atoms with van der Waals surface area (Å²) >= 11 is 5.79. The van der Waals surface area contributed by atoms with Crippen LogP contribution < -0.4 is 4.72 Å². The Hall–Kier alpha value is -2.10. The van der Waals surface area contributed by atoms with Crippen LogP contribution in [-0.4, -0.2) is 8.42 Å². The van der Waals surface area contributed by atoms with Crippen molar-refractivity contribution in [3.63, 3.8) is 0 Å². The van der Waals surface area contributed by atoms with Gasteiger partial charge in [0.15, 0.2) is 0 Å². The lowest BCUT2D eigenvalue weighted by atomic mass is 10.1. The zero-order chi connectivity index (χ0) is 15.5. The van der Waals surface area contributed by atoms with Crippen LogP contribution in [0, 0.1) is 17.1 Å². The predicted molar refractivity (Wildman–Crippen MR) is 78.0 cm³/mol. The molecule has 0 aliphatic rings. The van der Waals surface area contributed by atoms with Crippen LogP contribution in [0.5, 0.6) is 0 Å².